The number of phenolic OH excluding ortho intramolecular Hbond substituents is 3. The Bertz CT molecular complexity index is 653. The van der Waals surface area contributed by atoms with Crippen molar-refractivity contribution in [2.24, 2.45) is 5.73 Å². The van der Waals surface area contributed by atoms with E-state index < -0.39 is 23.5 Å². The summed E-state index contributed by atoms with van der Waals surface area (Å²) in [5, 5.41) is 36.0. The van der Waals surface area contributed by atoms with Crippen molar-refractivity contribution in [2.75, 3.05) is 0 Å². The molecule has 0 aliphatic heterocycles. The number of carbonyl (C=O) groups excluding carboxylic acids is 2. The minimum Gasteiger partial charge on any atom is -0.508 e. The first kappa shape index (κ1) is 17.9. The molecule has 0 amide bonds. The zero-order chi connectivity index (χ0) is 17.6. The smallest absolute Gasteiger partial charge is 0.320 e. The third-order valence-corrected chi connectivity index (χ3v) is 2.76. The molecule has 0 fully saturated rings. The second-order valence-corrected chi connectivity index (χ2v) is 4.59. The number of phenols is 3. The second kappa shape index (κ2) is 7.76. The fraction of sp³-hybridized carbons (Fsp3) is 0.133. The highest BCUT2D eigenvalue weighted by Gasteiger charge is 2.16. The van der Waals surface area contributed by atoms with Gasteiger partial charge in [0.2, 0.25) is 0 Å². The first-order chi connectivity index (χ1) is 10.7. The van der Waals surface area contributed by atoms with Gasteiger partial charge >= 0.3 is 5.97 Å². The molecule has 0 bridgehead atoms. The van der Waals surface area contributed by atoms with Crippen molar-refractivity contribution in [2.45, 2.75) is 12.5 Å². The Balaban J connectivity index is 0.000000277. The highest BCUT2D eigenvalue weighted by molar-refractivity contribution is 6.14. The Morgan fingerprint density at radius 2 is 1.35 bits per heavy atom. The molecule has 0 aromatic heterocycles. The summed E-state index contributed by atoms with van der Waals surface area (Å²) < 4.78 is 0. The van der Waals surface area contributed by atoms with Gasteiger partial charge in [-0.2, -0.15) is 0 Å². The molecule has 1 aliphatic carbocycles. The summed E-state index contributed by atoms with van der Waals surface area (Å²) in [7, 11) is 0. The Hall–Kier alpha value is -3.13. The van der Waals surface area contributed by atoms with Gasteiger partial charge < -0.3 is 26.2 Å². The molecular formula is C15H15NO7. The van der Waals surface area contributed by atoms with Crippen molar-refractivity contribution in [3.63, 3.8) is 0 Å². The van der Waals surface area contributed by atoms with Crippen LogP contribution < -0.4 is 5.73 Å². The van der Waals surface area contributed by atoms with E-state index in [1.165, 1.54) is 24.3 Å². The van der Waals surface area contributed by atoms with Crippen LogP contribution in [0.5, 0.6) is 17.2 Å². The van der Waals surface area contributed by atoms with Gasteiger partial charge in [-0.15, -0.1) is 0 Å². The van der Waals surface area contributed by atoms with E-state index in [1.54, 1.807) is 0 Å². The average molecular weight is 321 g/mol. The summed E-state index contributed by atoms with van der Waals surface area (Å²) in [6.07, 6.45) is 4.88. The Morgan fingerprint density at radius 3 is 1.78 bits per heavy atom. The number of aromatic hydroxyl groups is 3. The summed E-state index contributed by atoms with van der Waals surface area (Å²) >= 11 is 0. The Kier molecular flexibility index (Phi) is 6.04. The monoisotopic (exact) mass is 321 g/mol. The molecule has 2 rings (SSSR count). The molecule has 8 heteroatoms. The van der Waals surface area contributed by atoms with Gasteiger partial charge in [0.05, 0.1) is 0 Å². The van der Waals surface area contributed by atoms with E-state index in [9.17, 15) is 19.5 Å². The van der Waals surface area contributed by atoms with Gasteiger partial charge in [0, 0.05) is 12.5 Å². The number of aliphatic carboxylic acids is 1. The van der Waals surface area contributed by atoms with Crippen LogP contribution in [-0.2, 0) is 20.8 Å². The van der Waals surface area contributed by atoms with Crippen molar-refractivity contribution in [3.8, 4) is 17.2 Å². The zero-order valence-electron chi connectivity index (χ0n) is 11.8. The minimum absolute atomic E-state index is 0.121. The van der Waals surface area contributed by atoms with E-state index in [-0.39, 0.29) is 29.3 Å². The molecule has 8 nitrogen and oxygen atoms in total. The lowest BCUT2D eigenvalue weighted by atomic mass is 10.0. The number of hydrogen-bond donors (Lipinski definition) is 5. The van der Waals surface area contributed by atoms with Crippen molar-refractivity contribution < 1.29 is 34.8 Å². The van der Waals surface area contributed by atoms with Crippen LogP contribution in [0.2, 0.25) is 0 Å². The van der Waals surface area contributed by atoms with Gasteiger partial charge in [0.25, 0.3) is 0 Å². The van der Waals surface area contributed by atoms with Crippen LogP contribution in [0.4, 0.5) is 0 Å². The molecule has 1 aromatic carbocycles. The standard InChI is InChI=1S/C9H11NO5.C6H4O2/c10-5(9(14)15)1-4-2-7(12)8(13)3-6(4)11;7-5-1-2-6(8)4-3-5/h2-3,5,11-13H,1,10H2,(H,14,15);1-4H. The maximum atomic E-state index is 10.4. The maximum Gasteiger partial charge on any atom is 0.320 e. The molecule has 0 radical (unpaired) electrons. The summed E-state index contributed by atoms with van der Waals surface area (Å²) in [6, 6.07) is 0.840. The quantitative estimate of drug-likeness (QED) is 0.296. The topological polar surface area (TPSA) is 158 Å². The van der Waals surface area contributed by atoms with Crippen molar-refractivity contribution >= 4 is 17.5 Å². The van der Waals surface area contributed by atoms with E-state index >= 15 is 0 Å². The Morgan fingerprint density at radius 1 is 0.913 bits per heavy atom. The molecule has 1 atom stereocenters. The summed E-state index contributed by atoms with van der Waals surface area (Å²) in [4.78, 5) is 31.0. The number of carbonyl (C=O) groups is 3. The zero-order valence-corrected chi connectivity index (χ0v) is 11.8. The van der Waals surface area contributed by atoms with E-state index in [0.717, 1.165) is 12.1 Å². The summed E-state index contributed by atoms with van der Waals surface area (Å²) in [6.45, 7) is 0. The number of hydrogen-bond acceptors (Lipinski definition) is 7. The first-order valence-corrected chi connectivity index (χ1v) is 6.37. The minimum atomic E-state index is -1.21. The van der Waals surface area contributed by atoms with Gasteiger partial charge in [0.15, 0.2) is 23.1 Å². The fourth-order valence-corrected chi connectivity index (χ4v) is 1.54. The van der Waals surface area contributed by atoms with Crippen LogP contribution in [0, 0.1) is 0 Å². The van der Waals surface area contributed by atoms with Crippen molar-refractivity contribution in [1.29, 1.82) is 0 Å². The normalized spacial score (nSPS) is 14.1. The van der Waals surface area contributed by atoms with Gasteiger partial charge in [-0.25, -0.2) is 0 Å². The van der Waals surface area contributed by atoms with E-state index in [0.29, 0.717) is 0 Å². The van der Waals surface area contributed by atoms with Crippen LogP contribution in [0.1, 0.15) is 5.56 Å². The number of allylic oxidation sites excluding steroid dienone is 4. The number of rotatable bonds is 3. The van der Waals surface area contributed by atoms with E-state index in [2.05, 4.69) is 0 Å². The third kappa shape index (κ3) is 5.64. The van der Waals surface area contributed by atoms with Crippen molar-refractivity contribution in [1.82, 2.24) is 0 Å². The van der Waals surface area contributed by atoms with Crippen molar-refractivity contribution in [3.05, 3.63) is 42.0 Å². The molecule has 1 aliphatic rings. The lowest BCUT2D eigenvalue weighted by Gasteiger charge is -2.09. The summed E-state index contributed by atoms with van der Waals surface area (Å²) in [5.41, 5.74) is 5.42. The highest BCUT2D eigenvalue weighted by atomic mass is 16.4. The molecule has 0 heterocycles. The van der Waals surface area contributed by atoms with Crippen LogP contribution in [0.15, 0.2) is 36.4 Å². The predicted octanol–water partition coefficient (Wildman–Crippen LogP) is 0.00840. The number of ketones is 2. The first-order valence-electron chi connectivity index (χ1n) is 6.37. The van der Waals surface area contributed by atoms with Crippen LogP contribution >= 0.6 is 0 Å². The van der Waals surface area contributed by atoms with Gasteiger partial charge in [-0.05, 0) is 35.9 Å². The number of carboxylic acids is 1. The molecule has 1 unspecified atom stereocenters. The number of benzene rings is 1. The largest absolute Gasteiger partial charge is 0.508 e. The predicted molar refractivity (Wildman–Crippen MR) is 79.0 cm³/mol. The van der Waals surface area contributed by atoms with Gasteiger partial charge in [0.1, 0.15) is 11.8 Å². The molecule has 23 heavy (non-hydrogen) atoms. The maximum absolute atomic E-state index is 10.4. The molecule has 1 aromatic rings. The molecular weight excluding hydrogens is 306 g/mol. The molecule has 0 saturated heterocycles. The summed E-state index contributed by atoms with van der Waals surface area (Å²) in [5.74, 6) is -2.65. The molecule has 6 N–H and O–H groups in total. The van der Waals surface area contributed by atoms with Gasteiger partial charge in [-0.3, -0.25) is 14.4 Å². The van der Waals surface area contributed by atoms with Gasteiger partial charge in [-0.1, -0.05) is 0 Å². The molecule has 122 valence electrons. The lowest BCUT2D eigenvalue weighted by Crippen LogP contribution is -2.32. The average Bonchev–Trinajstić information content (AvgIpc) is 2.48. The second-order valence-electron chi connectivity index (χ2n) is 4.59. The number of nitrogens with two attached hydrogens (primary N) is 1. The Labute approximate surface area is 130 Å². The molecule has 0 spiro atoms. The van der Waals surface area contributed by atoms with E-state index in [1.807, 2.05) is 0 Å². The van der Waals surface area contributed by atoms with Crippen LogP contribution in [0.3, 0.4) is 0 Å². The fourth-order valence-electron chi connectivity index (χ4n) is 1.54. The van der Waals surface area contributed by atoms with E-state index in [4.69, 9.17) is 21.1 Å². The van der Waals surface area contributed by atoms with Crippen LogP contribution in [0.25, 0.3) is 0 Å². The third-order valence-electron chi connectivity index (χ3n) is 2.76. The SMILES string of the molecule is NC(Cc1cc(O)c(O)cc1O)C(=O)O.O=C1C=CC(=O)C=C1. The molecule has 0 saturated carbocycles. The number of carboxylic acid groups (broad SMARTS) is 1. The highest BCUT2D eigenvalue weighted by Crippen LogP contribution is 2.32. The van der Waals surface area contributed by atoms with Crippen LogP contribution in [-0.4, -0.2) is 44.0 Å². The lowest BCUT2D eigenvalue weighted by molar-refractivity contribution is -0.138.